The lowest BCUT2D eigenvalue weighted by Crippen LogP contribution is -2.58. The molecule has 0 radical (unpaired) electrons. The van der Waals surface area contributed by atoms with Gasteiger partial charge in [-0.25, -0.2) is 0 Å². The van der Waals surface area contributed by atoms with Gasteiger partial charge in [-0.2, -0.15) is 12.6 Å². The van der Waals surface area contributed by atoms with Crippen LogP contribution in [0.1, 0.15) is 72.6 Å². The van der Waals surface area contributed by atoms with Crippen LogP contribution in [0.25, 0.3) is 0 Å². The number of fused-ring (bicyclic) bond motifs is 1. The molecule has 0 amide bonds. The van der Waals surface area contributed by atoms with E-state index in [0.717, 1.165) is 29.4 Å². The Morgan fingerprint density at radius 3 is 2.43 bits per heavy atom. The van der Waals surface area contributed by atoms with E-state index >= 15 is 0 Å². The van der Waals surface area contributed by atoms with Crippen molar-refractivity contribution >= 4 is 12.6 Å². The fourth-order valence-corrected chi connectivity index (χ4v) is 5.55. The molecule has 2 heterocycles. The molecule has 0 aromatic heterocycles. The van der Waals surface area contributed by atoms with E-state index in [-0.39, 0.29) is 11.0 Å². The van der Waals surface area contributed by atoms with E-state index in [1.807, 2.05) is 0 Å². The maximum absolute atomic E-state index is 6.90. The van der Waals surface area contributed by atoms with Crippen molar-refractivity contribution in [1.29, 1.82) is 0 Å². The summed E-state index contributed by atoms with van der Waals surface area (Å²) in [5.41, 5.74) is 0.315. The van der Waals surface area contributed by atoms with Crippen LogP contribution in [0, 0.1) is 29.1 Å². The molecule has 4 fully saturated rings. The first-order valence-electron chi connectivity index (χ1n) is 9.12. The molecule has 0 aromatic rings. The van der Waals surface area contributed by atoms with Crippen molar-refractivity contribution in [1.82, 2.24) is 0 Å². The molecule has 4 atom stereocenters. The van der Waals surface area contributed by atoms with Crippen LogP contribution in [0.15, 0.2) is 0 Å². The van der Waals surface area contributed by atoms with Gasteiger partial charge in [0.25, 0.3) is 0 Å². The highest BCUT2D eigenvalue weighted by molar-refractivity contribution is 7.80. The predicted octanol–water partition coefficient (Wildman–Crippen LogP) is 5.34. The summed E-state index contributed by atoms with van der Waals surface area (Å²) >= 11 is 4.45. The number of hydrogen-bond acceptors (Lipinski definition) is 2. The standard InChI is InChI=1S/C19H34OS/c1-18(2,3)19(4)16-11-14(12-16)10-15-9-13(7-8-21)5-6-17(15)20-19/h13-17,21H,5-12H2,1-4H3/t13?,14?,15?,16?,17-,19?/m0/s1. The van der Waals surface area contributed by atoms with Gasteiger partial charge in [-0.15, -0.1) is 0 Å². The molecular formula is C19H34OS. The highest BCUT2D eigenvalue weighted by Gasteiger charge is 2.54. The SMILES string of the molecule is CC(C)(C)C1(C)O[C@H]2CCC(CCS)CC2CC2CC1C2. The molecule has 0 spiro atoms. The third kappa shape index (κ3) is 2.92. The first-order valence-corrected chi connectivity index (χ1v) is 9.75. The van der Waals surface area contributed by atoms with Crippen molar-refractivity contribution in [2.45, 2.75) is 84.3 Å². The van der Waals surface area contributed by atoms with Crippen LogP contribution >= 0.6 is 12.6 Å². The van der Waals surface area contributed by atoms with Gasteiger partial charge in [-0.3, -0.25) is 0 Å². The third-order valence-electron chi connectivity index (χ3n) is 7.09. The van der Waals surface area contributed by atoms with Crippen molar-refractivity contribution in [3.63, 3.8) is 0 Å². The maximum atomic E-state index is 6.90. The minimum absolute atomic E-state index is 0.0726. The van der Waals surface area contributed by atoms with Crippen LogP contribution in [-0.2, 0) is 4.74 Å². The molecule has 122 valence electrons. The van der Waals surface area contributed by atoms with Crippen LogP contribution in [0.2, 0.25) is 0 Å². The molecule has 4 aliphatic rings. The predicted molar refractivity (Wildman–Crippen MR) is 92.9 cm³/mol. The summed E-state index contributed by atoms with van der Waals surface area (Å²) in [4.78, 5) is 0. The Kier molecular flexibility index (Phi) is 4.43. The van der Waals surface area contributed by atoms with Gasteiger partial charge in [-0.05, 0) is 86.7 Å². The molecule has 21 heavy (non-hydrogen) atoms. The second-order valence-corrected chi connectivity index (χ2v) is 9.68. The van der Waals surface area contributed by atoms with E-state index in [1.165, 1.54) is 44.9 Å². The van der Waals surface area contributed by atoms with Gasteiger partial charge in [0, 0.05) is 0 Å². The Morgan fingerprint density at radius 2 is 1.81 bits per heavy atom. The zero-order valence-corrected chi connectivity index (χ0v) is 15.3. The van der Waals surface area contributed by atoms with E-state index in [1.54, 1.807) is 0 Å². The molecule has 0 N–H and O–H groups in total. The highest BCUT2D eigenvalue weighted by Crippen LogP contribution is 2.56. The molecule has 4 rings (SSSR count). The van der Waals surface area contributed by atoms with Crippen LogP contribution in [0.3, 0.4) is 0 Å². The Labute approximate surface area is 137 Å². The van der Waals surface area contributed by atoms with Gasteiger partial charge in [0.1, 0.15) is 0 Å². The van der Waals surface area contributed by atoms with Gasteiger partial charge in [0.15, 0.2) is 0 Å². The molecule has 2 aliphatic carbocycles. The lowest BCUT2D eigenvalue weighted by atomic mass is 9.55. The van der Waals surface area contributed by atoms with Gasteiger partial charge in [-0.1, -0.05) is 20.8 Å². The van der Waals surface area contributed by atoms with Crippen LogP contribution in [0.4, 0.5) is 0 Å². The zero-order chi connectivity index (χ0) is 15.3. The fourth-order valence-electron chi connectivity index (χ4n) is 5.19. The molecule has 2 saturated carbocycles. The van der Waals surface area contributed by atoms with Crippen LogP contribution < -0.4 is 0 Å². The second-order valence-electron chi connectivity index (χ2n) is 9.23. The van der Waals surface area contributed by atoms with E-state index in [9.17, 15) is 0 Å². The van der Waals surface area contributed by atoms with Crippen molar-refractivity contribution < 1.29 is 4.74 Å². The van der Waals surface area contributed by atoms with E-state index in [4.69, 9.17) is 4.74 Å². The quantitative estimate of drug-likeness (QED) is 0.677. The first kappa shape index (κ1) is 16.2. The monoisotopic (exact) mass is 310 g/mol. The Hall–Kier alpha value is 0.310. The van der Waals surface area contributed by atoms with Gasteiger partial charge < -0.3 is 4.74 Å². The lowest BCUT2D eigenvalue weighted by Gasteiger charge is -2.59. The molecular weight excluding hydrogens is 276 g/mol. The zero-order valence-electron chi connectivity index (χ0n) is 14.4. The Morgan fingerprint density at radius 1 is 1.10 bits per heavy atom. The minimum Gasteiger partial charge on any atom is -0.371 e. The third-order valence-corrected chi connectivity index (χ3v) is 7.35. The number of thiol groups is 1. The van der Waals surface area contributed by atoms with Crippen molar-refractivity contribution in [3.05, 3.63) is 0 Å². The van der Waals surface area contributed by atoms with E-state index < -0.39 is 0 Å². The van der Waals surface area contributed by atoms with Crippen LogP contribution in [0.5, 0.6) is 0 Å². The summed E-state index contributed by atoms with van der Waals surface area (Å²) in [5, 5.41) is 0. The molecule has 2 heteroatoms. The van der Waals surface area contributed by atoms with Gasteiger partial charge in [0.05, 0.1) is 11.7 Å². The summed E-state index contributed by atoms with van der Waals surface area (Å²) in [6.07, 6.45) is 10.1. The lowest BCUT2D eigenvalue weighted by molar-refractivity contribution is -0.235. The van der Waals surface area contributed by atoms with E-state index in [2.05, 4.69) is 40.3 Å². The largest absolute Gasteiger partial charge is 0.371 e. The molecule has 1 nitrogen and oxygen atoms in total. The van der Waals surface area contributed by atoms with Gasteiger partial charge >= 0.3 is 0 Å². The average molecular weight is 311 g/mol. The van der Waals surface area contributed by atoms with Crippen molar-refractivity contribution in [2.75, 3.05) is 5.75 Å². The molecule has 2 aliphatic heterocycles. The van der Waals surface area contributed by atoms with Crippen molar-refractivity contribution in [3.8, 4) is 0 Å². The normalized spacial score (nSPS) is 47.0. The minimum atomic E-state index is 0.0726. The molecule has 2 saturated heterocycles. The molecule has 2 bridgehead atoms. The Balaban J connectivity index is 1.77. The summed E-state index contributed by atoms with van der Waals surface area (Å²) in [5.74, 6) is 4.55. The summed E-state index contributed by atoms with van der Waals surface area (Å²) in [7, 11) is 0. The van der Waals surface area contributed by atoms with Crippen molar-refractivity contribution in [2.24, 2.45) is 29.1 Å². The topological polar surface area (TPSA) is 9.23 Å². The maximum Gasteiger partial charge on any atom is 0.0734 e. The molecule has 0 aromatic carbocycles. The van der Waals surface area contributed by atoms with E-state index in [0.29, 0.717) is 6.10 Å². The first-order chi connectivity index (χ1) is 9.83. The highest BCUT2D eigenvalue weighted by atomic mass is 32.1. The number of hydrogen-bond donors (Lipinski definition) is 1. The number of ether oxygens (including phenoxy) is 1. The number of rotatable bonds is 2. The summed E-state index contributed by atoms with van der Waals surface area (Å²) in [6, 6.07) is 0. The Bertz CT molecular complexity index is 368. The smallest absolute Gasteiger partial charge is 0.0734 e. The fraction of sp³-hybridized carbons (Fsp3) is 1.00. The molecule has 3 unspecified atom stereocenters. The summed E-state index contributed by atoms with van der Waals surface area (Å²) in [6.45, 7) is 9.55. The van der Waals surface area contributed by atoms with Crippen LogP contribution in [-0.4, -0.2) is 17.5 Å². The average Bonchev–Trinajstić information content (AvgIpc) is 2.32. The van der Waals surface area contributed by atoms with Gasteiger partial charge in [0.2, 0.25) is 0 Å². The second kappa shape index (κ2) is 5.74. The summed E-state index contributed by atoms with van der Waals surface area (Å²) < 4.78 is 6.90.